The average molecular weight is 273 g/mol. The van der Waals surface area contributed by atoms with Gasteiger partial charge in [-0.25, -0.2) is 0 Å². The van der Waals surface area contributed by atoms with Gasteiger partial charge in [-0.3, -0.25) is 4.79 Å². The number of hydrogen-bond donors (Lipinski definition) is 1. The van der Waals surface area contributed by atoms with Crippen molar-refractivity contribution in [1.82, 2.24) is 15.5 Å². The van der Waals surface area contributed by atoms with E-state index >= 15 is 0 Å². The summed E-state index contributed by atoms with van der Waals surface area (Å²) in [6.45, 7) is 4.39. The largest absolute Gasteiger partial charge is 0.352 e. The van der Waals surface area contributed by atoms with Crippen molar-refractivity contribution in [2.24, 2.45) is 0 Å². The molecule has 1 aromatic carbocycles. The third-order valence-corrected chi connectivity index (χ3v) is 2.97. The van der Waals surface area contributed by atoms with Crippen LogP contribution in [0.5, 0.6) is 0 Å². The summed E-state index contributed by atoms with van der Waals surface area (Å²) in [7, 11) is 0. The molecule has 0 unspecified atom stereocenters. The average Bonchev–Trinajstić information content (AvgIpc) is 2.84. The molecule has 1 heterocycles. The quantitative estimate of drug-likeness (QED) is 0.877. The number of rotatable bonds is 6. The molecule has 0 saturated heterocycles. The van der Waals surface area contributed by atoms with Crippen LogP contribution in [0.4, 0.5) is 0 Å². The molecule has 0 atom stereocenters. The van der Waals surface area contributed by atoms with E-state index in [9.17, 15) is 4.79 Å². The minimum absolute atomic E-state index is 0.0433. The molecule has 0 saturated carbocycles. The fraction of sp³-hybridized carbons (Fsp3) is 0.400. The van der Waals surface area contributed by atoms with Crippen LogP contribution in [0, 0.1) is 13.8 Å². The van der Waals surface area contributed by atoms with Crippen molar-refractivity contribution < 1.29 is 9.32 Å². The maximum absolute atomic E-state index is 11.7. The molecule has 2 rings (SSSR count). The second-order valence-electron chi connectivity index (χ2n) is 4.85. The normalized spacial score (nSPS) is 10.5. The van der Waals surface area contributed by atoms with Crippen LogP contribution < -0.4 is 5.32 Å². The maximum Gasteiger partial charge on any atom is 0.226 e. The Hall–Kier alpha value is -2.17. The molecule has 0 bridgehead atoms. The highest BCUT2D eigenvalue weighted by Crippen LogP contribution is 2.04. The predicted octanol–water partition coefficient (Wildman–Crippen LogP) is 2.33. The molecule has 0 spiro atoms. The summed E-state index contributed by atoms with van der Waals surface area (Å²) < 4.78 is 4.99. The highest BCUT2D eigenvalue weighted by molar-refractivity contribution is 5.75. The van der Waals surface area contributed by atoms with Gasteiger partial charge in [-0.05, 0) is 25.8 Å². The van der Waals surface area contributed by atoms with Crippen molar-refractivity contribution in [3.63, 3.8) is 0 Å². The van der Waals surface area contributed by atoms with E-state index in [2.05, 4.69) is 15.5 Å². The van der Waals surface area contributed by atoms with Crippen LogP contribution in [-0.4, -0.2) is 16.0 Å². The van der Waals surface area contributed by atoms with Gasteiger partial charge in [0.05, 0.1) is 0 Å². The molecule has 1 amide bonds. The number of hydrogen-bond acceptors (Lipinski definition) is 4. The lowest BCUT2D eigenvalue weighted by Crippen LogP contribution is -2.22. The summed E-state index contributed by atoms with van der Waals surface area (Å²) in [5.74, 6) is 1.26. The molecule has 5 heteroatoms. The topological polar surface area (TPSA) is 68.0 Å². The van der Waals surface area contributed by atoms with E-state index in [1.807, 2.05) is 31.2 Å². The molecular weight excluding hydrogens is 254 g/mol. The molecule has 1 N–H and O–H groups in total. The summed E-state index contributed by atoms with van der Waals surface area (Å²) in [5, 5.41) is 6.62. The van der Waals surface area contributed by atoms with E-state index < -0.39 is 0 Å². The van der Waals surface area contributed by atoms with E-state index in [1.165, 1.54) is 5.56 Å². The number of nitrogens with one attached hydrogen (secondary N) is 1. The molecule has 106 valence electrons. The highest BCUT2D eigenvalue weighted by atomic mass is 16.5. The fourth-order valence-electron chi connectivity index (χ4n) is 1.84. The Morgan fingerprint density at radius 3 is 2.65 bits per heavy atom. The Bertz CT molecular complexity index is 561. The molecule has 0 aliphatic heterocycles. The molecule has 0 aliphatic carbocycles. The van der Waals surface area contributed by atoms with Gasteiger partial charge < -0.3 is 9.84 Å². The molecular formula is C15H19N3O2. The third-order valence-electron chi connectivity index (χ3n) is 2.97. The van der Waals surface area contributed by atoms with Crippen molar-refractivity contribution in [1.29, 1.82) is 0 Å². The number of nitrogens with zero attached hydrogens (tertiary/aromatic N) is 2. The van der Waals surface area contributed by atoms with Gasteiger partial charge in [0.1, 0.15) is 0 Å². The van der Waals surface area contributed by atoms with Crippen LogP contribution in [-0.2, 0) is 17.8 Å². The maximum atomic E-state index is 11.7. The zero-order chi connectivity index (χ0) is 14.4. The summed E-state index contributed by atoms with van der Waals surface area (Å²) in [6, 6.07) is 8.13. The van der Waals surface area contributed by atoms with Gasteiger partial charge in [0.2, 0.25) is 11.8 Å². The van der Waals surface area contributed by atoms with Gasteiger partial charge >= 0.3 is 0 Å². The first kappa shape index (κ1) is 14.2. The van der Waals surface area contributed by atoms with E-state index in [-0.39, 0.29) is 5.91 Å². The Morgan fingerprint density at radius 2 is 2.00 bits per heavy atom. The summed E-state index contributed by atoms with van der Waals surface area (Å²) >= 11 is 0. The minimum atomic E-state index is 0.0433. The first-order valence-electron chi connectivity index (χ1n) is 6.75. The molecule has 20 heavy (non-hydrogen) atoms. The zero-order valence-corrected chi connectivity index (χ0v) is 11.8. The van der Waals surface area contributed by atoms with Gasteiger partial charge in [-0.2, -0.15) is 4.98 Å². The van der Waals surface area contributed by atoms with Gasteiger partial charge in [-0.15, -0.1) is 0 Å². The van der Waals surface area contributed by atoms with Gasteiger partial charge in [0, 0.05) is 19.4 Å². The van der Waals surface area contributed by atoms with Crippen LogP contribution in [0.25, 0.3) is 0 Å². The van der Waals surface area contributed by atoms with Crippen molar-refractivity contribution >= 4 is 5.91 Å². The number of carbonyl (C=O) groups excluding carboxylic acids is 1. The lowest BCUT2D eigenvalue weighted by Gasteiger charge is -2.05. The molecule has 0 radical (unpaired) electrons. The Morgan fingerprint density at radius 1 is 1.25 bits per heavy atom. The minimum Gasteiger partial charge on any atom is -0.352 e. The van der Waals surface area contributed by atoms with Crippen LogP contribution >= 0.6 is 0 Å². The molecule has 2 aromatic rings. The number of benzene rings is 1. The number of carbonyl (C=O) groups is 1. The van der Waals surface area contributed by atoms with Crippen LogP contribution in [0.3, 0.4) is 0 Å². The van der Waals surface area contributed by atoms with Crippen LogP contribution in [0.2, 0.25) is 0 Å². The molecule has 5 nitrogen and oxygen atoms in total. The van der Waals surface area contributed by atoms with E-state index in [4.69, 9.17) is 4.52 Å². The van der Waals surface area contributed by atoms with Crippen molar-refractivity contribution in [2.75, 3.05) is 0 Å². The SMILES string of the molecule is Cc1ccc(CNC(=O)CCCc2nc(C)no2)cc1. The first-order chi connectivity index (χ1) is 9.63. The van der Waals surface area contributed by atoms with Gasteiger partial charge in [0.25, 0.3) is 0 Å². The van der Waals surface area contributed by atoms with E-state index in [0.29, 0.717) is 37.5 Å². The van der Waals surface area contributed by atoms with E-state index in [0.717, 1.165) is 5.56 Å². The molecule has 1 aromatic heterocycles. The van der Waals surface area contributed by atoms with Crippen molar-refractivity contribution in [3.8, 4) is 0 Å². The Labute approximate surface area is 118 Å². The number of aryl methyl sites for hydroxylation is 3. The Balaban J connectivity index is 1.66. The monoisotopic (exact) mass is 273 g/mol. The van der Waals surface area contributed by atoms with Gasteiger partial charge in [-0.1, -0.05) is 35.0 Å². The standard InChI is InChI=1S/C15H19N3O2/c1-11-6-8-13(9-7-11)10-16-14(19)4-3-5-15-17-12(2)18-20-15/h6-9H,3-5,10H2,1-2H3,(H,16,19). The number of aromatic nitrogens is 2. The Kier molecular flexibility index (Phi) is 4.87. The van der Waals surface area contributed by atoms with E-state index in [1.54, 1.807) is 6.92 Å². The molecule has 0 fully saturated rings. The second-order valence-corrected chi connectivity index (χ2v) is 4.85. The summed E-state index contributed by atoms with van der Waals surface area (Å²) in [5.41, 5.74) is 2.33. The molecule has 0 aliphatic rings. The summed E-state index contributed by atoms with van der Waals surface area (Å²) in [4.78, 5) is 15.8. The first-order valence-corrected chi connectivity index (χ1v) is 6.75. The van der Waals surface area contributed by atoms with Crippen LogP contribution in [0.15, 0.2) is 28.8 Å². The third kappa shape index (κ3) is 4.50. The van der Waals surface area contributed by atoms with Crippen LogP contribution in [0.1, 0.15) is 35.7 Å². The van der Waals surface area contributed by atoms with Crippen molar-refractivity contribution in [2.45, 2.75) is 39.7 Å². The fourth-order valence-corrected chi connectivity index (χ4v) is 1.84. The lowest BCUT2D eigenvalue weighted by molar-refractivity contribution is -0.121. The smallest absolute Gasteiger partial charge is 0.226 e. The van der Waals surface area contributed by atoms with Gasteiger partial charge in [0.15, 0.2) is 5.82 Å². The predicted molar refractivity (Wildman–Crippen MR) is 75.0 cm³/mol. The summed E-state index contributed by atoms with van der Waals surface area (Å²) in [6.07, 6.45) is 1.81. The lowest BCUT2D eigenvalue weighted by atomic mass is 10.1. The highest BCUT2D eigenvalue weighted by Gasteiger charge is 2.05. The zero-order valence-electron chi connectivity index (χ0n) is 11.8. The van der Waals surface area contributed by atoms with Crippen molar-refractivity contribution in [3.05, 3.63) is 47.1 Å². The number of amides is 1. The second kappa shape index (κ2) is 6.84.